The number of hydrogen-bond donors (Lipinski definition) is 3. The number of rotatable bonds is 6. The summed E-state index contributed by atoms with van der Waals surface area (Å²) in [6.45, 7) is 3.34. The molecule has 1 fully saturated rings. The van der Waals surface area contributed by atoms with Gasteiger partial charge in [-0.25, -0.2) is 15.0 Å². The molecular weight excluding hydrogens is 420 g/mol. The monoisotopic (exact) mass is 442 g/mol. The van der Waals surface area contributed by atoms with Crippen molar-refractivity contribution >= 4 is 28.8 Å². The van der Waals surface area contributed by atoms with Crippen LogP contribution in [0.3, 0.4) is 0 Å². The lowest BCUT2D eigenvalue weighted by molar-refractivity contribution is 0.184. The number of fused-ring (bicyclic) bond motifs is 1. The van der Waals surface area contributed by atoms with Gasteiger partial charge in [0.1, 0.15) is 23.0 Å². The second kappa shape index (κ2) is 8.02. The van der Waals surface area contributed by atoms with Crippen molar-refractivity contribution in [3.63, 3.8) is 0 Å². The van der Waals surface area contributed by atoms with E-state index in [1.165, 1.54) is 0 Å². The Bertz CT molecular complexity index is 1400. The molecule has 5 aromatic heterocycles. The van der Waals surface area contributed by atoms with E-state index in [1.807, 2.05) is 58.7 Å². The van der Waals surface area contributed by atoms with Gasteiger partial charge in [-0.2, -0.15) is 10.2 Å². The van der Waals surface area contributed by atoms with Gasteiger partial charge >= 0.3 is 0 Å². The summed E-state index contributed by atoms with van der Waals surface area (Å²) in [7, 11) is 0. The fourth-order valence-corrected chi connectivity index (χ4v) is 4.01. The van der Waals surface area contributed by atoms with E-state index in [0.29, 0.717) is 29.9 Å². The molecule has 0 aromatic carbocycles. The van der Waals surface area contributed by atoms with Gasteiger partial charge in [0.2, 0.25) is 0 Å². The van der Waals surface area contributed by atoms with Crippen molar-refractivity contribution in [2.75, 3.05) is 23.8 Å². The Morgan fingerprint density at radius 2 is 2.09 bits per heavy atom. The van der Waals surface area contributed by atoms with E-state index in [0.717, 1.165) is 35.8 Å². The first-order valence-electron chi connectivity index (χ1n) is 10.7. The average Bonchev–Trinajstić information content (AvgIpc) is 3.60. The van der Waals surface area contributed by atoms with Crippen LogP contribution in [0.2, 0.25) is 0 Å². The first kappa shape index (κ1) is 19.4. The molecule has 0 amide bonds. The third-order valence-electron chi connectivity index (χ3n) is 5.51. The largest absolute Gasteiger partial charge is 0.379 e. The number of ether oxygens (including phenoxy) is 1. The molecule has 1 atom stereocenters. The smallest absolute Gasteiger partial charge is 0.160 e. The van der Waals surface area contributed by atoms with Crippen LogP contribution in [0.25, 0.3) is 17.0 Å². The second-order valence-electron chi connectivity index (χ2n) is 7.86. The molecule has 3 N–H and O–H groups in total. The molecule has 11 heteroatoms. The van der Waals surface area contributed by atoms with Crippen molar-refractivity contribution in [3.8, 4) is 11.4 Å². The third kappa shape index (κ3) is 3.78. The van der Waals surface area contributed by atoms with Gasteiger partial charge in [0.25, 0.3) is 0 Å². The Labute approximate surface area is 188 Å². The summed E-state index contributed by atoms with van der Waals surface area (Å²) in [6.07, 6.45) is 8.47. The molecule has 6 heterocycles. The van der Waals surface area contributed by atoms with Crippen LogP contribution in [-0.4, -0.2) is 52.5 Å². The average molecular weight is 442 g/mol. The van der Waals surface area contributed by atoms with Gasteiger partial charge in [0, 0.05) is 37.3 Å². The molecule has 0 unspecified atom stereocenters. The Kier molecular flexibility index (Phi) is 4.73. The van der Waals surface area contributed by atoms with E-state index < -0.39 is 0 Å². The second-order valence-corrected chi connectivity index (χ2v) is 7.86. The van der Waals surface area contributed by atoms with E-state index in [4.69, 9.17) is 14.7 Å². The van der Waals surface area contributed by atoms with Crippen LogP contribution in [0.15, 0.2) is 55.1 Å². The fraction of sp³-hybridized carbons (Fsp3) is 0.227. The molecule has 0 radical (unpaired) electrons. The minimum absolute atomic E-state index is 0.275. The lowest BCUT2D eigenvalue weighted by Crippen LogP contribution is -2.08. The molecule has 1 aliphatic rings. The lowest BCUT2D eigenvalue weighted by atomic mass is 10.2. The highest BCUT2D eigenvalue weighted by Crippen LogP contribution is 2.31. The number of imidazole rings is 1. The molecule has 0 spiro atoms. The van der Waals surface area contributed by atoms with Crippen LogP contribution in [0.4, 0.5) is 23.1 Å². The highest BCUT2D eigenvalue weighted by atomic mass is 16.5. The van der Waals surface area contributed by atoms with E-state index in [9.17, 15) is 0 Å². The lowest BCUT2D eigenvalue weighted by Gasteiger charge is -2.10. The number of aryl methyl sites for hydroxylation is 1. The van der Waals surface area contributed by atoms with Crippen LogP contribution in [0.5, 0.6) is 0 Å². The van der Waals surface area contributed by atoms with Crippen molar-refractivity contribution in [2.45, 2.75) is 19.4 Å². The maximum Gasteiger partial charge on any atom is 0.160 e. The van der Waals surface area contributed by atoms with Gasteiger partial charge in [-0.05, 0) is 25.5 Å². The summed E-state index contributed by atoms with van der Waals surface area (Å²) in [4.78, 5) is 14.0. The standard InChI is InChI=1S/C22H22N10O/c1-14-25-17(10-19(26-14)27-15-11-24-32(12-15)16-6-9-33-13-16)21-22(28-18-5-7-23-30-18)29-20-4-2-3-8-31(20)21/h2-5,7-8,10-12,16H,6,9,13H2,1H3,(H2,23,28,30)(H,25,26,27)/t16-/m0/s1. The van der Waals surface area contributed by atoms with Crippen molar-refractivity contribution in [1.82, 2.24) is 39.3 Å². The van der Waals surface area contributed by atoms with Crippen LogP contribution in [0, 0.1) is 6.92 Å². The van der Waals surface area contributed by atoms with Crippen molar-refractivity contribution in [3.05, 3.63) is 60.9 Å². The molecular formula is C22H22N10O. The van der Waals surface area contributed by atoms with Gasteiger partial charge in [0.05, 0.1) is 30.2 Å². The zero-order chi connectivity index (χ0) is 22.2. The zero-order valence-corrected chi connectivity index (χ0v) is 17.9. The van der Waals surface area contributed by atoms with Crippen LogP contribution in [0.1, 0.15) is 18.3 Å². The van der Waals surface area contributed by atoms with Gasteiger partial charge in [-0.15, -0.1) is 0 Å². The van der Waals surface area contributed by atoms with Gasteiger partial charge < -0.3 is 15.4 Å². The fourth-order valence-electron chi connectivity index (χ4n) is 4.01. The first-order chi connectivity index (χ1) is 16.2. The number of nitrogens with zero attached hydrogens (tertiary/aromatic N) is 7. The van der Waals surface area contributed by atoms with E-state index in [2.05, 4.69) is 30.9 Å². The number of hydrogen-bond acceptors (Lipinski definition) is 8. The predicted octanol–water partition coefficient (Wildman–Crippen LogP) is 3.47. The Balaban J connectivity index is 1.37. The maximum absolute atomic E-state index is 5.47. The Hall–Kier alpha value is -4.25. The summed E-state index contributed by atoms with van der Waals surface area (Å²) < 4.78 is 9.42. The molecule has 0 aliphatic carbocycles. The maximum atomic E-state index is 5.47. The summed E-state index contributed by atoms with van der Waals surface area (Å²) in [5.74, 6) is 2.65. The number of H-pyrrole nitrogens is 1. The quantitative estimate of drug-likeness (QED) is 0.365. The SMILES string of the molecule is Cc1nc(Nc2cnn([C@H]3CCOC3)c2)cc(-c2c(Nc3cc[nH]n3)nc3ccccn23)n1. The predicted molar refractivity (Wildman–Crippen MR) is 123 cm³/mol. The molecule has 5 aromatic rings. The molecule has 1 aliphatic heterocycles. The Morgan fingerprint density at radius 1 is 1.12 bits per heavy atom. The molecule has 0 bridgehead atoms. The van der Waals surface area contributed by atoms with Gasteiger partial charge in [-0.3, -0.25) is 14.2 Å². The van der Waals surface area contributed by atoms with Crippen molar-refractivity contribution < 1.29 is 4.74 Å². The zero-order valence-electron chi connectivity index (χ0n) is 17.9. The normalized spacial score (nSPS) is 15.8. The van der Waals surface area contributed by atoms with Crippen molar-refractivity contribution in [1.29, 1.82) is 0 Å². The van der Waals surface area contributed by atoms with Crippen molar-refractivity contribution in [2.24, 2.45) is 0 Å². The number of nitrogens with one attached hydrogen (secondary N) is 3. The molecule has 1 saturated heterocycles. The first-order valence-corrected chi connectivity index (χ1v) is 10.7. The molecule has 33 heavy (non-hydrogen) atoms. The topological polar surface area (TPSA) is 123 Å². The Morgan fingerprint density at radius 3 is 2.94 bits per heavy atom. The van der Waals surface area contributed by atoms with Crippen LogP contribution < -0.4 is 10.6 Å². The highest BCUT2D eigenvalue weighted by Gasteiger charge is 2.20. The number of aromatic nitrogens is 8. The van der Waals surface area contributed by atoms with E-state index >= 15 is 0 Å². The van der Waals surface area contributed by atoms with Crippen LogP contribution in [-0.2, 0) is 4.74 Å². The summed E-state index contributed by atoms with van der Waals surface area (Å²) in [5, 5.41) is 18.1. The minimum atomic E-state index is 0.275. The minimum Gasteiger partial charge on any atom is -0.379 e. The summed E-state index contributed by atoms with van der Waals surface area (Å²) >= 11 is 0. The highest BCUT2D eigenvalue weighted by molar-refractivity contribution is 5.78. The third-order valence-corrected chi connectivity index (χ3v) is 5.51. The molecule has 6 rings (SSSR count). The molecule has 11 nitrogen and oxygen atoms in total. The number of pyridine rings is 1. The van der Waals surface area contributed by atoms with E-state index in [-0.39, 0.29) is 6.04 Å². The number of anilines is 4. The van der Waals surface area contributed by atoms with Crippen LogP contribution >= 0.6 is 0 Å². The van der Waals surface area contributed by atoms with Gasteiger partial charge in [-0.1, -0.05) is 6.07 Å². The molecule has 0 saturated carbocycles. The molecule has 166 valence electrons. The van der Waals surface area contributed by atoms with E-state index in [1.54, 1.807) is 12.4 Å². The summed E-state index contributed by atoms with van der Waals surface area (Å²) in [6, 6.07) is 9.90. The summed E-state index contributed by atoms with van der Waals surface area (Å²) in [5.41, 5.74) is 3.22. The number of aromatic amines is 1. The van der Waals surface area contributed by atoms with Gasteiger partial charge in [0.15, 0.2) is 11.6 Å².